The van der Waals surface area contributed by atoms with Crippen molar-refractivity contribution in [2.24, 2.45) is 0 Å². The summed E-state index contributed by atoms with van der Waals surface area (Å²) >= 11 is 13.7. The number of ether oxygens (including phenoxy) is 1. The molecule has 0 aliphatic carbocycles. The van der Waals surface area contributed by atoms with Gasteiger partial charge in [0, 0.05) is 10.6 Å². The van der Waals surface area contributed by atoms with Crippen molar-refractivity contribution >= 4 is 72.4 Å². The Kier molecular flexibility index (Phi) is 7.77. The van der Waals surface area contributed by atoms with Gasteiger partial charge in [-0.05, 0) is 97.2 Å². The van der Waals surface area contributed by atoms with Gasteiger partial charge >= 0.3 is 0 Å². The Balaban J connectivity index is 1.51. The number of imide groups is 1. The van der Waals surface area contributed by atoms with Crippen LogP contribution in [0.3, 0.4) is 0 Å². The van der Waals surface area contributed by atoms with Gasteiger partial charge in [-0.2, -0.15) is 0 Å². The number of benzene rings is 3. The van der Waals surface area contributed by atoms with E-state index in [0.29, 0.717) is 20.3 Å². The molecule has 1 aliphatic rings. The normalized spacial score (nSPS) is 14.9. The molecule has 4 nitrogen and oxygen atoms in total. The molecule has 0 radical (unpaired) electrons. The predicted octanol–water partition coefficient (Wildman–Crippen LogP) is 7.96. The van der Waals surface area contributed by atoms with Crippen molar-refractivity contribution in [3.63, 3.8) is 0 Å². The van der Waals surface area contributed by atoms with E-state index in [-0.39, 0.29) is 34.5 Å². The molecular formula is C24H14Br2ClF2NO3S. The summed E-state index contributed by atoms with van der Waals surface area (Å²) in [6.45, 7) is -0.0224. The number of thioether (sulfide) groups is 1. The Hall–Kier alpha value is -2.20. The van der Waals surface area contributed by atoms with Crippen LogP contribution < -0.4 is 4.74 Å². The number of halogens is 5. The number of hydrogen-bond acceptors (Lipinski definition) is 4. The monoisotopic (exact) mass is 627 g/mol. The van der Waals surface area contributed by atoms with E-state index in [1.807, 2.05) is 0 Å². The maximum absolute atomic E-state index is 14.1. The van der Waals surface area contributed by atoms with Crippen LogP contribution in [-0.2, 0) is 17.9 Å². The second kappa shape index (κ2) is 10.6. The summed E-state index contributed by atoms with van der Waals surface area (Å²) in [6.07, 6.45) is 1.58. The first-order valence-electron chi connectivity index (χ1n) is 9.77. The Morgan fingerprint density at radius 3 is 2.35 bits per heavy atom. The molecule has 1 fully saturated rings. The maximum Gasteiger partial charge on any atom is 0.293 e. The van der Waals surface area contributed by atoms with Crippen molar-refractivity contribution in [3.8, 4) is 5.75 Å². The zero-order valence-corrected chi connectivity index (χ0v) is 21.9. The van der Waals surface area contributed by atoms with Gasteiger partial charge < -0.3 is 4.74 Å². The molecule has 0 saturated carbocycles. The Labute approximate surface area is 220 Å². The summed E-state index contributed by atoms with van der Waals surface area (Å²) in [5.41, 5.74) is 1.52. The van der Waals surface area contributed by atoms with Crippen LogP contribution >= 0.6 is 55.2 Å². The van der Waals surface area contributed by atoms with E-state index in [1.54, 1.807) is 30.3 Å². The molecule has 3 aromatic rings. The molecule has 0 spiro atoms. The average Bonchev–Trinajstić information content (AvgIpc) is 3.04. The van der Waals surface area contributed by atoms with Crippen molar-refractivity contribution < 1.29 is 23.1 Å². The SMILES string of the molecule is O=C1S/C(=C/c2cc(Br)c(OCc3ccc(F)cc3)c(Br)c2)C(=O)N1Cc1c(F)cccc1Cl. The van der Waals surface area contributed by atoms with Gasteiger partial charge in [-0.1, -0.05) is 29.8 Å². The lowest BCUT2D eigenvalue weighted by Crippen LogP contribution is -2.28. The van der Waals surface area contributed by atoms with Crippen LogP contribution in [-0.4, -0.2) is 16.0 Å². The van der Waals surface area contributed by atoms with Crippen LogP contribution in [0, 0.1) is 11.6 Å². The topological polar surface area (TPSA) is 46.6 Å². The lowest BCUT2D eigenvalue weighted by molar-refractivity contribution is -0.123. The second-order valence-electron chi connectivity index (χ2n) is 7.20. The zero-order chi connectivity index (χ0) is 24.4. The van der Waals surface area contributed by atoms with Crippen molar-refractivity contribution in [1.82, 2.24) is 4.90 Å². The van der Waals surface area contributed by atoms with E-state index in [9.17, 15) is 18.4 Å². The van der Waals surface area contributed by atoms with Gasteiger partial charge in [0.15, 0.2) is 0 Å². The average molecular weight is 630 g/mol. The van der Waals surface area contributed by atoms with Crippen LogP contribution in [0.1, 0.15) is 16.7 Å². The van der Waals surface area contributed by atoms with E-state index in [1.165, 1.54) is 30.3 Å². The third kappa shape index (κ3) is 5.54. The zero-order valence-electron chi connectivity index (χ0n) is 17.2. The molecule has 0 atom stereocenters. The molecule has 1 heterocycles. The van der Waals surface area contributed by atoms with E-state index >= 15 is 0 Å². The molecule has 34 heavy (non-hydrogen) atoms. The third-order valence-electron chi connectivity index (χ3n) is 4.87. The van der Waals surface area contributed by atoms with E-state index in [0.717, 1.165) is 22.2 Å². The summed E-state index contributed by atoms with van der Waals surface area (Å²) < 4.78 is 34.3. The van der Waals surface area contributed by atoms with Crippen molar-refractivity contribution in [2.45, 2.75) is 13.2 Å². The molecule has 10 heteroatoms. The lowest BCUT2D eigenvalue weighted by atomic mass is 10.2. The molecule has 3 aromatic carbocycles. The van der Waals surface area contributed by atoms with E-state index in [4.69, 9.17) is 16.3 Å². The van der Waals surface area contributed by atoms with E-state index < -0.39 is 17.0 Å². The van der Waals surface area contributed by atoms with Crippen molar-refractivity contribution in [3.05, 3.63) is 102 Å². The van der Waals surface area contributed by atoms with Gasteiger partial charge in [-0.25, -0.2) is 8.78 Å². The van der Waals surface area contributed by atoms with Crippen LogP contribution in [0.4, 0.5) is 13.6 Å². The molecule has 0 unspecified atom stereocenters. The summed E-state index contributed by atoms with van der Waals surface area (Å²) in [5.74, 6) is -0.904. The highest BCUT2D eigenvalue weighted by Crippen LogP contribution is 2.39. The predicted molar refractivity (Wildman–Crippen MR) is 135 cm³/mol. The number of amides is 2. The van der Waals surface area contributed by atoms with Gasteiger partial charge in [0.05, 0.1) is 20.4 Å². The molecule has 1 aliphatic heterocycles. The quantitative estimate of drug-likeness (QED) is 0.260. The summed E-state index contributed by atoms with van der Waals surface area (Å²) in [6, 6.07) is 13.7. The maximum atomic E-state index is 14.1. The fraction of sp³-hybridized carbons (Fsp3) is 0.0833. The van der Waals surface area contributed by atoms with Gasteiger partial charge in [0.1, 0.15) is 24.0 Å². The Morgan fingerprint density at radius 2 is 1.71 bits per heavy atom. The number of nitrogens with zero attached hydrogens (tertiary/aromatic N) is 1. The Bertz CT molecular complexity index is 1270. The fourth-order valence-corrected chi connectivity index (χ4v) is 5.68. The highest BCUT2D eigenvalue weighted by Gasteiger charge is 2.36. The molecule has 2 amide bonds. The molecule has 174 valence electrons. The molecule has 0 bridgehead atoms. The second-order valence-corrected chi connectivity index (χ2v) is 10.3. The molecule has 0 N–H and O–H groups in total. The highest BCUT2D eigenvalue weighted by atomic mass is 79.9. The number of rotatable bonds is 6. The Morgan fingerprint density at radius 1 is 1.03 bits per heavy atom. The minimum absolute atomic E-state index is 0.0841. The number of hydrogen-bond donors (Lipinski definition) is 0. The van der Waals surface area contributed by atoms with Gasteiger partial charge in [0.25, 0.3) is 11.1 Å². The van der Waals surface area contributed by atoms with Gasteiger partial charge in [-0.15, -0.1) is 0 Å². The van der Waals surface area contributed by atoms with Crippen LogP contribution in [0.15, 0.2) is 68.4 Å². The van der Waals surface area contributed by atoms with Crippen molar-refractivity contribution in [1.29, 1.82) is 0 Å². The first-order valence-corrected chi connectivity index (χ1v) is 12.6. The molecule has 1 saturated heterocycles. The summed E-state index contributed by atoms with van der Waals surface area (Å²) in [7, 11) is 0. The number of carbonyl (C=O) groups is 2. The standard InChI is InChI=1S/C24H14Br2ClF2NO3S/c25-17-8-14(9-18(26)22(17)33-12-13-4-6-15(28)7-5-13)10-21-23(31)30(24(32)34-21)11-16-19(27)2-1-3-20(16)29/h1-10H,11-12H2/b21-10+. The minimum Gasteiger partial charge on any atom is -0.487 e. The van der Waals surface area contributed by atoms with Crippen molar-refractivity contribution in [2.75, 3.05) is 0 Å². The fourth-order valence-electron chi connectivity index (χ4n) is 3.17. The third-order valence-corrected chi connectivity index (χ3v) is 7.31. The van der Waals surface area contributed by atoms with E-state index in [2.05, 4.69) is 31.9 Å². The first kappa shape index (κ1) is 24.9. The largest absolute Gasteiger partial charge is 0.487 e. The molecule has 0 aromatic heterocycles. The smallest absolute Gasteiger partial charge is 0.293 e. The number of carbonyl (C=O) groups excluding carboxylic acids is 2. The van der Waals surface area contributed by atoms with Gasteiger partial charge in [0.2, 0.25) is 0 Å². The molecule has 4 rings (SSSR count). The van der Waals surface area contributed by atoms with Crippen LogP contribution in [0.5, 0.6) is 5.75 Å². The lowest BCUT2D eigenvalue weighted by Gasteiger charge is -2.14. The van der Waals surface area contributed by atoms with Crippen LogP contribution in [0.25, 0.3) is 6.08 Å². The first-order chi connectivity index (χ1) is 16.2. The summed E-state index contributed by atoms with van der Waals surface area (Å²) in [5, 5.41) is -0.361. The molecular weight excluding hydrogens is 616 g/mol. The highest BCUT2D eigenvalue weighted by molar-refractivity contribution is 9.11. The minimum atomic E-state index is -0.584. The van der Waals surface area contributed by atoms with Crippen LogP contribution in [0.2, 0.25) is 5.02 Å². The summed E-state index contributed by atoms with van der Waals surface area (Å²) in [4.78, 5) is 26.5. The van der Waals surface area contributed by atoms with Gasteiger partial charge in [-0.3, -0.25) is 14.5 Å².